The number of alkyl halides is 2. The van der Waals surface area contributed by atoms with Gasteiger partial charge in [0.05, 0.1) is 53.6 Å². The van der Waals surface area contributed by atoms with E-state index in [9.17, 15) is 18.0 Å². The Kier molecular flexibility index (Phi) is 6.00. The first-order valence-corrected chi connectivity index (χ1v) is 10.2. The van der Waals surface area contributed by atoms with Crippen molar-refractivity contribution in [3.63, 3.8) is 0 Å². The van der Waals surface area contributed by atoms with Gasteiger partial charge < -0.3 is 10.2 Å². The number of piperidine rings is 1. The van der Waals surface area contributed by atoms with Gasteiger partial charge in [0.1, 0.15) is 5.82 Å². The van der Waals surface area contributed by atoms with E-state index in [2.05, 4.69) is 25.5 Å². The lowest BCUT2D eigenvalue weighted by Crippen LogP contribution is -2.57. The largest absolute Gasteiger partial charge is 0.352 e. The van der Waals surface area contributed by atoms with Crippen molar-refractivity contribution in [3.8, 4) is 5.69 Å². The molecule has 1 saturated heterocycles. The quantitative estimate of drug-likeness (QED) is 0.621. The maximum atomic E-state index is 14.5. The summed E-state index contributed by atoms with van der Waals surface area (Å²) in [5.74, 6) is -4.81. The molecule has 0 saturated carbocycles. The summed E-state index contributed by atoms with van der Waals surface area (Å²) in [4.78, 5) is 23.7. The molecule has 3 aromatic rings. The van der Waals surface area contributed by atoms with Gasteiger partial charge in [-0.15, -0.1) is 0 Å². The second-order valence-electron chi connectivity index (χ2n) is 7.62. The molecule has 1 fully saturated rings. The first-order chi connectivity index (χ1) is 15.2. The van der Waals surface area contributed by atoms with E-state index in [0.717, 1.165) is 21.8 Å². The second kappa shape index (κ2) is 8.73. The Morgan fingerprint density at radius 1 is 1.25 bits per heavy atom. The van der Waals surface area contributed by atoms with Gasteiger partial charge in [-0.3, -0.25) is 4.79 Å². The number of benzene rings is 1. The van der Waals surface area contributed by atoms with Crippen LogP contribution in [0.4, 0.5) is 19.1 Å². The first-order valence-electron chi connectivity index (χ1n) is 9.80. The molecule has 1 aliphatic heterocycles. The maximum absolute atomic E-state index is 14.5. The van der Waals surface area contributed by atoms with Crippen molar-refractivity contribution in [2.45, 2.75) is 25.3 Å². The van der Waals surface area contributed by atoms with E-state index in [0.29, 0.717) is 5.02 Å². The zero-order chi connectivity index (χ0) is 22.9. The molecular weight excluding hydrogens is 447 g/mol. The summed E-state index contributed by atoms with van der Waals surface area (Å²) in [6, 6.07) is 2.87. The predicted octanol–water partition coefficient (Wildman–Crippen LogP) is 3.45. The lowest BCUT2D eigenvalue weighted by Gasteiger charge is -2.43. The molecule has 32 heavy (non-hydrogen) atoms. The van der Waals surface area contributed by atoms with Gasteiger partial charge in [0.2, 0.25) is 5.95 Å². The average molecular weight is 466 g/mol. The van der Waals surface area contributed by atoms with Crippen LogP contribution in [0.5, 0.6) is 0 Å². The van der Waals surface area contributed by atoms with Crippen LogP contribution in [0.15, 0.2) is 43.0 Å². The number of aromatic nitrogens is 5. The second-order valence-corrected chi connectivity index (χ2v) is 8.06. The Labute approximate surface area is 186 Å². The normalized spacial score (nSPS) is 20.2. The Morgan fingerprint density at radius 2 is 1.94 bits per heavy atom. The molecule has 0 aliphatic carbocycles. The van der Waals surface area contributed by atoms with Crippen molar-refractivity contribution in [2.24, 2.45) is 5.92 Å². The third-order valence-electron chi connectivity index (χ3n) is 5.25. The number of amides is 1. The fraction of sp³-hybridized carbons (Fsp3) is 0.350. The number of hydrogen-bond donors (Lipinski definition) is 1. The topological polar surface area (TPSA) is 88.8 Å². The molecule has 4 rings (SSSR count). The van der Waals surface area contributed by atoms with Crippen molar-refractivity contribution in [2.75, 3.05) is 18.4 Å². The fourth-order valence-corrected chi connectivity index (χ4v) is 3.92. The number of rotatable bonds is 5. The number of anilines is 1. The van der Waals surface area contributed by atoms with Crippen molar-refractivity contribution in [1.29, 1.82) is 0 Å². The minimum atomic E-state index is -3.08. The van der Waals surface area contributed by atoms with E-state index in [4.69, 9.17) is 11.6 Å². The lowest BCUT2D eigenvalue weighted by atomic mass is 9.87. The van der Waals surface area contributed by atoms with Crippen molar-refractivity contribution in [1.82, 2.24) is 29.9 Å². The van der Waals surface area contributed by atoms with E-state index >= 15 is 0 Å². The Balaban J connectivity index is 1.65. The van der Waals surface area contributed by atoms with Gasteiger partial charge in [-0.05, 0) is 24.1 Å². The van der Waals surface area contributed by atoms with Crippen molar-refractivity contribution < 1.29 is 18.0 Å². The molecule has 1 amide bonds. The summed E-state index contributed by atoms with van der Waals surface area (Å²) in [6.07, 6.45) is 5.20. The summed E-state index contributed by atoms with van der Waals surface area (Å²) >= 11 is 5.79. The molecule has 1 N–H and O–H groups in total. The zero-order valence-electron chi connectivity index (χ0n) is 16.9. The highest BCUT2D eigenvalue weighted by molar-refractivity contribution is 6.30. The lowest BCUT2D eigenvalue weighted by molar-refractivity contribution is -0.0897. The molecule has 0 bridgehead atoms. The van der Waals surface area contributed by atoms with Crippen LogP contribution in [0.1, 0.15) is 23.7 Å². The molecule has 12 heteroatoms. The minimum Gasteiger partial charge on any atom is -0.352 e. The summed E-state index contributed by atoms with van der Waals surface area (Å²) in [7, 11) is 0. The van der Waals surface area contributed by atoms with Gasteiger partial charge in [-0.25, -0.2) is 23.1 Å². The zero-order valence-corrected chi connectivity index (χ0v) is 17.7. The standard InChI is InChI=1S/C20H19ClF3N7O/c1-12-7-20(23,24)11-30(17(12)10-27-19-25-8-13(21)9-26-19)18(32)15-6-14(22)2-3-16(15)31-28-4-5-29-31/h2-6,8-9,12,17H,7,10-11H2,1H3,(H,25,26,27)/t12-,17-/m1/s1. The first kappa shape index (κ1) is 22.0. The molecule has 168 valence electrons. The monoisotopic (exact) mass is 465 g/mol. The molecule has 0 unspecified atom stereocenters. The van der Waals surface area contributed by atoms with Gasteiger partial charge in [-0.2, -0.15) is 15.0 Å². The molecular formula is C20H19ClF3N7O. The smallest absolute Gasteiger partial charge is 0.265 e. The molecule has 1 aliphatic rings. The highest BCUT2D eigenvalue weighted by Gasteiger charge is 2.46. The van der Waals surface area contributed by atoms with Crippen LogP contribution in [0, 0.1) is 11.7 Å². The van der Waals surface area contributed by atoms with Crippen molar-refractivity contribution in [3.05, 3.63) is 59.4 Å². The predicted molar refractivity (Wildman–Crippen MR) is 110 cm³/mol. The number of carbonyl (C=O) groups is 1. The fourth-order valence-electron chi connectivity index (χ4n) is 3.83. The number of nitrogens with one attached hydrogen (secondary N) is 1. The van der Waals surface area contributed by atoms with E-state index in [1.54, 1.807) is 6.92 Å². The number of halogens is 4. The van der Waals surface area contributed by atoms with Crippen LogP contribution in [0.25, 0.3) is 5.69 Å². The summed E-state index contributed by atoms with van der Waals surface area (Å²) in [6.45, 7) is 0.964. The number of hydrogen-bond acceptors (Lipinski definition) is 6. The summed E-state index contributed by atoms with van der Waals surface area (Å²) < 4.78 is 43.0. The Bertz CT molecular complexity index is 1100. The SMILES string of the molecule is C[C@@H]1CC(F)(F)CN(C(=O)c2cc(F)ccc2-n2nccn2)[C@@H]1CNc1ncc(Cl)cn1. The van der Waals surface area contributed by atoms with Crippen LogP contribution < -0.4 is 5.32 Å². The van der Waals surface area contributed by atoms with Crippen LogP contribution in [-0.2, 0) is 0 Å². The number of carbonyl (C=O) groups excluding carboxylic acids is 1. The van der Waals surface area contributed by atoms with E-state index in [1.165, 1.54) is 30.9 Å². The van der Waals surface area contributed by atoms with Crippen LogP contribution in [0.2, 0.25) is 5.02 Å². The molecule has 8 nitrogen and oxygen atoms in total. The van der Waals surface area contributed by atoms with Gasteiger partial charge in [-0.1, -0.05) is 18.5 Å². The van der Waals surface area contributed by atoms with Gasteiger partial charge in [0.25, 0.3) is 11.8 Å². The third-order valence-corrected chi connectivity index (χ3v) is 5.45. The van der Waals surface area contributed by atoms with Crippen molar-refractivity contribution >= 4 is 23.5 Å². The molecule has 1 aromatic carbocycles. The maximum Gasteiger partial charge on any atom is 0.265 e. The summed E-state index contributed by atoms with van der Waals surface area (Å²) in [5.41, 5.74) is 0.0783. The minimum absolute atomic E-state index is 0.112. The highest BCUT2D eigenvalue weighted by atomic mass is 35.5. The molecule has 0 spiro atoms. The van der Waals surface area contributed by atoms with Gasteiger partial charge >= 0.3 is 0 Å². The van der Waals surface area contributed by atoms with E-state index in [-0.39, 0.29) is 30.2 Å². The molecule has 3 heterocycles. The average Bonchev–Trinajstić information content (AvgIpc) is 3.27. The van der Waals surface area contributed by atoms with Gasteiger partial charge in [0, 0.05) is 13.0 Å². The summed E-state index contributed by atoms with van der Waals surface area (Å²) in [5, 5.41) is 11.3. The highest BCUT2D eigenvalue weighted by Crippen LogP contribution is 2.35. The molecule has 2 aromatic heterocycles. The number of likely N-dealkylation sites (tertiary alicyclic amines) is 1. The van der Waals surface area contributed by atoms with Crippen LogP contribution in [-0.4, -0.2) is 60.8 Å². The Hall–Kier alpha value is -3.21. The third kappa shape index (κ3) is 4.67. The van der Waals surface area contributed by atoms with E-state index < -0.39 is 36.2 Å². The molecule has 2 atom stereocenters. The Morgan fingerprint density at radius 3 is 2.62 bits per heavy atom. The van der Waals surface area contributed by atoms with Crippen LogP contribution in [0.3, 0.4) is 0 Å². The van der Waals surface area contributed by atoms with Gasteiger partial charge in [0.15, 0.2) is 0 Å². The molecule has 0 radical (unpaired) electrons. The van der Waals surface area contributed by atoms with E-state index in [1.807, 2.05) is 0 Å². The van der Waals surface area contributed by atoms with Crippen LogP contribution >= 0.6 is 11.6 Å². The number of nitrogens with zero attached hydrogens (tertiary/aromatic N) is 6.